The van der Waals surface area contributed by atoms with Gasteiger partial charge in [-0.2, -0.15) is 4.31 Å². The number of carbonyl (C=O) groups excluding carboxylic acids is 1. The first-order valence-corrected chi connectivity index (χ1v) is 7.16. The van der Waals surface area contributed by atoms with Gasteiger partial charge in [0.05, 0.1) is 12.3 Å². The number of hydrogen-bond acceptors (Lipinski definition) is 4. The van der Waals surface area contributed by atoms with Crippen molar-refractivity contribution >= 4 is 15.9 Å². The van der Waals surface area contributed by atoms with Crippen LogP contribution in [-0.2, 0) is 21.4 Å². The largest absolute Gasteiger partial charge is 0.351 e. The second-order valence-corrected chi connectivity index (χ2v) is 6.16. The molecule has 18 heavy (non-hydrogen) atoms. The van der Waals surface area contributed by atoms with Gasteiger partial charge in [-0.15, -0.1) is 0 Å². The second-order valence-electron chi connectivity index (χ2n) is 3.79. The molecule has 7 heteroatoms. The summed E-state index contributed by atoms with van der Waals surface area (Å²) in [4.78, 5) is 15.5. The molecule has 1 aromatic heterocycles. The van der Waals surface area contributed by atoms with E-state index in [2.05, 4.69) is 10.3 Å². The van der Waals surface area contributed by atoms with Crippen molar-refractivity contribution in [1.29, 1.82) is 0 Å². The molecule has 0 spiro atoms. The summed E-state index contributed by atoms with van der Waals surface area (Å²) in [5, 5.41) is 2.64. The quantitative estimate of drug-likeness (QED) is 0.788. The van der Waals surface area contributed by atoms with Gasteiger partial charge in [-0.05, 0) is 18.6 Å². The van der Waals surface area contributed by atoms with Crippen molar-refractivity contribution < 1.29 is 13.2 Å². The molecule has 1 amide bonds. The standard InChI is InChI=1S/C11H17N3O3S/c1-3-18(16,17)14(2)9-11(15)13-8-10-5-4-6-12-7-10/h4-7H,3,8-9H2,1-2H3,(H,13,15). The molecule has 0 saturated heterocycles. The highest BCUT2D eigenvalue weighted by Gasteiger charge is 2.17. The average Bonchev–Trinajstić information content (AvgIpc) is 2.37. The normalized spacial score (nSPS) is 11.5. The minimum Gasteiger partial charge on any atom is -0.351 e. The van der Waals surface area contributed by atoms with Crippen LogP contribution in [0.3, 0.4) is 0 Å². The smallest absolute Gasteiger partial charge is 0.235 e. The molecule has 1 heterocycles. The van der Waals surface area contributed by atoms with Crippen molar-refractivity contribution in [2.75, 3.05) is 19.3 Å². The van der Waals surface area contributed by atoms with Crippen molar-refractivity contribution in [3.05, 3.63) is 30.1 Å². The van der Waals surface area contributed by atoms with E-state index in [-0.39, 0.29) is 18.2 Å². The maximum Gasteiger partial charge on any atom is 0.235 e. The van der Waals surface area contributed by atoms with E-state index in [1.807, 2.05) is 6.07 Å². The van der Waals surface area contributed by atoms with Crippen LogP contribution in [0.1, 0.15) is 12.5 Å². The summed E-state index contributed by atoms with van der Waals surface area (Å²) >= 11 is 0. The molecule has 0 saturated carbocycles. The molecule has 1 N–H and O–H groups in total. The summed E-state index contributed by atoms with van der Waals surface area (Å²) < 4.78 is 23.9. The molecule has 0 aliphatic carbocycles. The van der Waals surface area contributed by atoms with Crippen molar-refractivity contribution in [2.24, 2.45) is 0 Å². The Balaban J connectivity index is 2.44. The molecule has 0 bridgehead atoms. The average molecular weight is 271 g/mol. The Hall–Kier alpha value is -1.47. The number of aromatic nitrogens is 1. The summed E-state index contributed by atoms with van der Waals surface area (Å²) in [6.45, 7) is 1.71. The van der Waals surface area contributed by atoms with E-state index in [1.54, 1.807) is 25.4 Å². The number of nitrogens with zero attached hydrogens (tertiary/aromatic N) is 2. The Morgan fingerprint density at radius 2 is 2.22 bits per heavy atom. The summed E-state index contributed by atoms with van der Waals surface area (Å²) in [7, 11) is -1.92. The fraction of sp³-hybridized carbons (Fsp3) is 0.455. The lowest BCUT2D eigenvalue weighted by molar-refractivity contribution is -0.121. The van der Waals surface area contributed by atoms with Gasteiger partial charge in [0.2, 0.25) is 15.9 Å². The van der Waals surface area contributed by atoms with Crippen molar-refractivity contribution in [3.8, 4) is 0 Å². The Morgan fingerprint density at radius 1 is 1.50 bits per heavy atom. The number of sulfonamides is 1. The number of hydrogen-bond donors (Lipinski definition) is 1. The van der Waals surface area contributed by atoms with Crippen LogP contribution in [0, 0.1) is 0 Å². The molecule has 0 radical (unpaired) electrons. The first-order valence-electron chi connectivity index (χ1n) is 5.55. The highest BCUT2D eigenvalue weighted by molar-refractivity contribution is 7.89. The third-order valence-electron chi connectivity index (χ3n) is 2.42. The highest BCUT2D eigenvalue weighted by Crippen LogP contribution is 1.98. The van der Waals surface area contributed by atoms with Crippen LogP contribution in [0.15, 0.2) is 24.5 Å². The number of nitrogens with one attached hydrogen (secondary N) is 1. The zero-order chi connectivity index (χ0) is 13.6. The molecule has 0 unspecified atom stereocenters. The maximum absolute atomic E-state index is 11.6. The Bertz CT molecular complexity index is 488. The second kappa shape index (κ2) is 6.46. The maximum atomic E-state index is 11.6. The minimum absolute atomic E-state index is 0.0145. The molecule has 6 nitrogen and oxygen atoms in total. The van der Waals surface area contributed by atoms with E-state index in [9.17, 15) is 13.2 Å². The Kier molecular flexibility index (Phi) is 5.24. The lowest BCUT2D eigenvalue weighted by Crippen LogP contribution is -2.38. The number of rotatable bonds is 6. The fourth-order valence-corrected chi connectivity index (χ4v) is 2.03. The van der Waals surface area contributed by atoms with Gasteiger partial charge in [0, 0.05) is 26.0 Å². The van der Waals surface area contributed by atoms with Crippen LogP contribution < -0.4 is 5.32 Å². The first-order chi connectivity index (χ1) is 8.45. The third kappa shape index (κ3) is 4.42. The van der Waals surface area contributed by atoms with Crippen LogP contribution in [0.5, 0.6) is 0 Å². The van der Waals surface area contributed by atoms with Crippen molar-refractivity contribution in [2.45, 2.75) is 13.5 Å². The van der Waals surface area contributed by atoms with Gasteiger partial charge in [-0.25, -0.2) is 8.42 Å². The lowest BCUT2D eigenvalue weighted by atomic mass is 10.3. The van der Waals surface area contributed by atoms with E-state index in [4.69, 9.17) is 0 Å². The molecule has 0 aliphatic heterocycles. The molecule has 1 aromatic rings. The molecule has 0 fully saturated rings. The first kappa shape index (κ1) is 14.6. The zero-order valence-corrected chi connectivity index (χ0v) is 11.3. The van der Waals surface area contributed by atoms with Crippen LogP contribution in [-0.4, -0.2) is 43.0 Å². The third-order valence-corrected chi connectivity index (χ3v) is 4.23. The van der Waals surface area contributed by atoms with E-state index in [1.165, 1.54) is 7.05 Å². The van der Waals surface area contributed by atoms with Crippen LogP contribution in [0.25, 0.3) is 0 Å². The van der Waals surface area contributed by atoms with E-state index < -0.39 is 10.0 Å². The van der Waals surface area contributed by atoms with Crippen molar-refractivity contribution in [3.63, 3.8) is 0 Å². The number of carbonyl (C=O) groups is 1. The summed E-state index contributed by atoms with van der Waals surface area (Å²) in [6, 6.07) is 3.61. The molecule has 0 aliphatic rings. The van der Waals surface area contributed by atoms with E-state index in [0.717, 1.165) is 9.87 Å². The number of pyridine rings is 1. The molecule has 1 rings (SSSR count). The Morgan fingerprint density at radius 3 is 2.78 bits per heavy atom. The fourth-order valence-electron chi connectivity index (χ4n) is 1.28. The van der Waals surface area contributed by atoms with Gasteiger partial charge in [0.15, 0.2) is 0 Å². The minimum atomic E-state index is -3.32. The van der Waals surface area contributed by atoms with E-state index in [0.29, 0.717) is 6.54 Å². The zero-order valence-electron chi connectivity index (χ0n) is 10.5. The van der Waals surface area contributed by atoms with Gasteiger partial charge in [0.25, 0.3) is 0 Å². The van der Waals surface area contributed by atoms with Crippen LogP contribution in [0.2, 0.25) is 0 Å². The van der Waals surface area contributed by atoms with Gasteiger partial charge in [0.1, 0.15) is 0 Å². The molecular formula is C11H17N3O3S. The SMILES string of the molecule is CCS(=O)(=O)N(C)CC(=O)NCc1cccnc1. The summed E-state index contributed by atoms with van der Waals surface area (Å²) in [5.74, 6) is -0.349. The molecule has 0 aromatic carbocycles. The van der Waals surface area contributed by atoms with Gasteiger partial charge >= 0.3 is 0 Å². The molecular weight excluding hydrogens is 254 g/mol. The topological polar surface area (TPSA) is 79.4 Å². The monoisotopic (exact) mass is 271 g/mol. The van der Waals surface area contributed by atoms with Gasteiger partial charge in [-0.3, -0.25) is 9.78 Å². The molecule has 0 atom stereocenters. The van der Waals surface area contributed by atoms with Crippen LogP contribution in [0.4, 0.5) is 0 Å². The predicted molar refractivity (Wildman–Crippen MR) is 68.2 cm³/mol. The van der Waals surface area contributed by atoms with Gasteiger partial charge < -0.3 is 5.32 Å². The number of likely N-dealkylation sites (N-methyl/N-ethyl adjacent to an activating group) is 1. The van der Waals surface area contributed by atoms with Crippen molar-refractivity contribution in [1.82, 2.24) is 14.6 Å². The highest BCUT2D eigenvalue weighted by atomic mass is 32.2. The molecule has 100 valence electrons. The summed E-state index contributed by atoms with van der Waals surface area (Å²) in [6.07, 6.45) is 3.29. The van der Waals surface area contributed by atoms with Crippen LogP contribution >= 0.6 is 0 Å². The van der Waals surface area contributed by atoms with E-state index >= 15 is 0 Å². The lowest BCUT2D eigenvalue weighted by Gasteiger charge is -2.15. The van der Waals surface area contributed by atoms with Gasteiger partial charge in [-0.1, -0.05) is 6.07 Å². The summed E-state index contributed by atoms with van der Waals surface area (Å²) in [5.41, 5.74) is 0.867. The number of amides is 1. The Labute approximate surface area is 107 Å². The predicted octanol–water partition coefficient (Wildman–Crippen LogP) is -0.0207.